The molecule has 0 aliphatic rings. The van der Waals surface area contributed by atoms with Crippen molar-refractivity contribution in [2.24, 2.45) is 0 Å². The molecular formula is C19H25O5P. The second-order valence-electron chi connectivity index (χ2n) is 6.37. The van der Waals surface area contributed by atoms with Gasteiger partial charge in [-0.1, -0.05) is 60.7 Å². The summed E-state index contributed by atoms with van der Waals surface area (Å²) in [5, 5.41) is 10.1. The molecule has 0 amide bonds. The predicted octanol–water partition coefficient (Wildman–Crippen LogP) is 4.70. The normalized spacial score (nSPS) is 13.6. The lowest BCUT2D eigenvalue weighted by Crippen LogP contribution is -2.35. The smallest absolute Gasteiger partial charge is 0.388 e. The van der Waals surface area contributed by atoms with Gasteiger partial charge in [0.25, 0.3) is 0 Å². The lowest BCUT2D eigenvalue weighted by molar-refractivity contribution is -0.0458. The summed E-state index contributed by atoms with van der Waals surface area (Å²) >= 11 is 0. The molecule has 2 aromatic carbocycles. The van der Waals surface area contributed by atoms with Crippen molar-refractivity contribution in [3.63, 3.8) is 0 Å². The van der Waals surface area contributed by atoms with Gasteiger partial charge in [0.05, 0.1) is 24.9 Å². The van der Waals surface area contributed by atoms with E-state index in [0.29, 0.717) is 0 Å². The maximum atomic E-state index is 13.0. The van der Waals surface area contributed by atoms with Gasteiger partial charge in [0.15, 0.2) is 0 Å². The Balaban J connectivity index is 2.07. The Morgan fingerprint density at radius 2 is 1.32 bits per heavy atom. The number of rotatable bonds is 9. The molecule has 0 saturated carbocycles. The lowest BCUT2D eigenvalue weighted by atomic mass is 10.0. The largest absolute Gasteiger partial charge is 0.475 e. The van der Waals surface area contributed by atoms with Gasteiger partial charge >= 0.3 is 7.82 Å². The molecule has 5 nitrogen and oxygen atoms in total. The summed E-state index contributed by atoms with van der Waals surface area (Å²) in [6.07, 6.45) is -0.732. The van der Waals surface area contributed by atoms with Gasteiger partial charge in [-0.3, -0.25) is 13.6 Å². The number of aliphatic hydroxyl groups is 1. The van der Waals surface area contributed by atoms with Crippen LogP contribution in [0, 0.1) is 0 Å². The lowest BCUT2D eigenvalue weighted by Gasteiger charge is -2.29. The molecule has 1 N–H and O–H groups in total. The van der Waals surface area contributed by atoms with Crippen molar-refractivity contribution in [3.05, 3.63) is 71.8 Å². The van der Waals surface area contributed by atoms with Gasteiger partial charge in [-0.05, 0) is 31.9 Å². The summed E-state index contributed by atoms with van der Waals surface area (Å²) in [5.74, 6) is 0. The fraction of sp³-hybridized carbons (Fsp3) is 0.368. The summed E-state index contributed by atoms with van der Waals surface area (Å²) in [6, 6.07) is 18.7. The fourth-order valence-electron chi connectivity index (χ4n) is 1.88. The van der Waals surface area contributed by atoms with E-state index in [1.54, 1.807) is 20.8 Å². The molecule has 0 radical (unpaired) electrons. The molecule has 2 rings (SSSR count). The van der Waals surface area contributed by atoms with E-state index < -0.39 is 19.5 Å². The van der Waals surface area contributed by atoms with Crippen molar-refractivity contribution in [3.8, 4) is 0 Å². The molecule has 0 spiro atoms. The first kappa shape index (κ1) is 19.8. The van der Waals surface area contributed by atoms with Crippen LogP contribution in [0.4, 0.5) is 0 Å². The minimum atomic E-state index is -3.86. The highest BCUT2D eigenvalue weighted by molar-refractivity contribution is 7.48. The summed E-state index contributed by atoms with van der Waals surface area (Å²) in [6.45, 7) is 4.97. The van der Waals surface area contributed by atoms with Crippen molar-refractivity contribution in [2.75, 3.05) is 0 Å². The Bertz CT molecular complexity index is 634. The third kappa shape index (κ3) is 6.73. The number of hydrogen-bond donors (Lipinski definition) is 1. The molecule has 1 unspecified atom stereocenters. The van der Waals surface area contributed by atoms with Crippen LogP contribution in [0.25, 0.3) is 0 Å². The summed E-state index contributed by atoms with van der Waals surface area (Å²) in [5.41, 5.74) is 0.526. The van der Waals surface area contributed by atoms with Gasteiger partial charge in [-0.25, -0.2) is 4.57 Å². The zero-order valence-corrected chi connectivity index (χ0v) is 15.7. The van der Waals surface area contributed by atoms with Gasteiger partial charge in [-0.15, -0.1) is 0 Å². The van der Waals surface area contributed by atoms with Gasteiger partial charge in [0.1, 0.15) is 0 Å². The zero-order valence-electron chi connectivity index (χ0n) is 14.8. The van der Waals surface area contributed by atoms with Crippen LogP contribution in [0.2, 0.25) is 0 Å². The molecule has 0 aliphatic carbocycles. The number of phosphoric ester groups is 1. The van der Waals surface area contributed by atoms with Crippen LogP contribution in [-0.4, -0.2) is 16.8 Å². The molecule has 6 heteroatoms. The second-order valence-corrected chi connectivity index (χ2v) is 7.99. The van der Waals surface area contributed by atoms with Crippen molar-refractivity contribution >= 4 is 7.82 Å². The van der Waals surface area contributed by atoms with Gasteiger partial charge in [0, 0.05) is 0 Å². The molecule has 0 aliphatic heterocycles. The summed E-state index contributed by atoms with van der Waals surface area (Å²) < 4.78 is 29.6. The molecule has 0 saturated heterocycles. The third-order valence-electron chi connectivity index (χ3n) is 3.75. The molecule has 0 fully saturated rings. The highest BCUT2D eigenvalue weighted by Gasteiger charge is 2.35. The van der Waals surface area contributed by atoms with Crippen LogP contribution < -0.4 is 0 Å². The van der Waals surface area contributed by atoms with Gasteiger partial charge < -0.3 is 5.11 Å². The highest BCUT2D eigenvalue weighted by Crippen LogP contribution is 2.52. The van der Waals surface area contributed by atoms with Crippen molar-refractivity contribution in [1.29, 1.82) is 0 Å². The SMILES string of the molecule is CC(OP(=O)(OCc1ccccc1)OCc1ccccc1)C(C)(C)O. The predicted molar refractivity (Wildman–Crippen MR) is 96.9 cm³/mol. The number of benzene rings is 2. The minimum Gasteiger partial charge on any atom is -0.388 e. The van der Waals surface area contributed by atoms with Crippen LogP contribution >= 0.6 is 7.82 Å². The number of phosphoric acid groups is 1. The molecule has 136 valence electrons. The maximum absolute atomic E-state index is 13.0. The summed E-state index contributed by atoms with van der Waals surface area (Å²) in [7, 11) is -3.86. The first-order chi connectivity index (χ1) is 11.8. The minimum absolute atomic E-state index is 0.0888. The van der Waals surface area contributed by atoms with Crippen LogP contribution in [0.15, 0.2) is 60.7 Å². The average Bonchev–Trinajstić information content (AvgIpc) is 2.59. The third-order valence-corrected chi connectivity index (χ3v) is 5.21. The average molecular weight is 364 g/mol. The molecule has 0 aromatic heterocycles. The highest BCUT2D eigenvalue weighted by atomic mass is 31.2. The van der Waals surface area contributed by atoms with Crippen molar-refractivity contribution in [1.82, 2.24) is 0 Å². The summed E-state index contributed by atoms with van der Waals surface area (Å²) in [4.78, 5) is 0. The van der Waals surface area contributed by atoms with Crippen molar-refractivity contribution < 1.29 is 23.2 Å². The van der Waals surface area contributed by atoms with E-state index in [4.69, 9.17) is 13.6 Å². The van der Waals surface area contributed by atoms with E-state index in [-0.39, 0.29) is 13.2 Å². The van der Waals surface area contributed by atoms with E-state index in [0.717, 1.165) is 11.1 Å². The first-order valence-corrected chi connectivity index (χ1v) is 9.62. The number of hydrogen-bond acceptors (Lipinski definition) is 5. The second kappa shape index (κ2) is 8.75. The van der Waals surface area contributed by atoms with Crippen LogP contribution in [0.3, 0.4) is 0 Å². The Hall–Kier alpha value is -1.49. The monoisotopic (exact) mass is 364 g/mol. The van der Waals surface area contributed by atoms with Gasteiger partial charge in [-0.2, -0.15) is 0 Å². The molecule has 2 aromatic rings. The Labute approximate surface area is 149 Å². The molecular weight excluding hydrogens is 339 g/mol. The van der Waals surface area contributed by atoms with E-state index in [9.17, 15) is 9.67 Å². The molecule has 0 bridgehead atoms. The van der Waals surface area contributed by atoms with Gasteiger partial charge in [0.2, 0.25) is 0 Å². The maximum Gasteiger partial charge on any atom is 0.475 e. The van der Waals surface area contributed by atoms with E-state index >= 15 is 0 Å². The van der Waals surface area contributed by atoms with Crippen LogP contribution in [-0.2, 0) is 31.4 Å². The van der Waals surface area contributed by atoms with Crippen LogP contribution in [0.5, 0.6) is 0 Å². The Kier molecular flexibility index (Phi) is 6.94. The van der Waals surface area contributed by atoms with E-state index in [1.165, 1.54) is 0 Å². The quantitative estimate of drug-likeness (QED) is 0.653. The van der Waals surface area contributed by atoms with E-state index in [1.807, 2.05) is 60.7 Å². The Morgan fingerprint density at radius 3 is 1.68 bits per heavy atom. The molecule has 0 heterocycles. The van der Waals surface area contributed by atoms with E-state index in [2.05, 4.69) is 0 Å². The first-order valence-electron chi connectivity index (χ1n) is 8.16. The zero-order chi connectivity index (χ0) is 18.3. The Morgan fingerprint density at radius 1 is 0.920 bits per heavy atom. The fourth-order valence-corrected chi connectivity index (χ4v) is 3.33. The van der Waals surface area contributed by atoms with Crippen LogP contribution in [0.1, 0.15) is 31.9 Å². The topological polar surface area (TPSA) is 65.0 Å². The molecule has 1 atom stereocenters. The standard InChI is InChI=1S/C19H25O5P/c1-16(19(2,3)20)24-25(21,22-14-17-10-6-4-7-11-17)23-15-18-12-8-5-9-13-18/h4-13,16,20H,14-15H2,1-3H3. The molecule has 25 heavy (non-hydrogen) atoms. The van der Waals surface area contributed by atoms with Crippen molar-refractivity contribution in [2.45, 2.75) is 45.7 Å².